The van der Waals surface area contributed by atoms with Crippen molar-refractivity contribution in [2.75, 3.05) is 11.6 Å². The molecule has 1 unspecified atom stereocenters. The number of hydrogen-bond acceptors (Lipinski definition) is 3. The minimum atomic E-state index is 0.238. The molecule has 0 spiro atoms. The number of hydrogen-bond donors (Lipinski definition) is 0. The van der Waals surface area contributed by atoms with Gasteiger partial charge in [-0.3, -0.25) is 9.80 Å². The highest BCUT2D eigenvalue weighted by molar-refractivity contribution is 6.03. The zero-order chi connectivity index (χ0) is 14.0. The molecule has 2 aliphatic heterocycles. The zero-order valence-corrected chi connectivity index (χ0v) is 11.4. The monoisotopic (exact) mass is 275 g/mol. The topological polar surface area (TPSA) is 38.1 Å². The molecule has 4 heteroatoms. The molecular formula is C17H13N3O. The summed E-state index contributed by atoms with van der Waals surface area (Å²) in [5.74, 6) is 0.488. The fraction of sp³-hybridized carbons (Fsp3) is 0.176. The summed E-state index contributed by atoms with van der Waals surface area (Å²) in [5.41, 5.74) is 3.99. The number of carbonyl (C=O) groups is 1. The Balaban J connectivity index is 1.85. The van der Waals surface area contributed by atoms with Crippen molar-refractivity contribution < 1.29 is 4.79 Å². The summed E-state index contributed by atoms with van der Waals surface area (Å²) in [6.07, 6.45) is 2.40. The first-order chi connectivity index (χ1) is 10.3. The Bertz CT molecular complexity index is 896. The third kappa shape index (κ3) is 1.34. The van der Waals surface area contributed by atoms with Crippen molar-refractivity contribution in [3.63, 3.8) is 0 Å². The zero-order valence-electron chi connectivity index (χ0n) is 11.4. The molecule has 21 heavy (non-hydrogen) atoms. The summed E-state index contributed by atoms with van der Waals surface area (Å²) in [4.78, 5) is 17.0. The van der Waals surface area contributed by atoms with E-state index in [0.717, 1.165) is 28.8 Å². The number of anilines is 1. The van der Waals surface area contributed by atoms with Gasteiger partial charge in [-0.05, 0) is 30.3 Å². The van der Waals surface area contributed by atoms with Crippen molar-refractivity contribution in [2.45, 2.75) is 12.3 Å². The normalized spacial score (nSPS) is 19.5. The van der Waals surface area contributed by atoms with Crippen LogP contribution in [0.5, 0.6) is 0 Å². The first-order valence-corrected chi connectivity index (χ1v) is 7.19. The SMILES string of the molecule is O=C1CC2CN(c3ccccc31)n1c2cc2cccnc21. The molecule has 0 saturated heterocycles. The molecule has 0 fully saturated rings. The number of carbonyl (C=O) groups excluding carboxylic acids is 1. The van der Waals surface area contributed by atoms with Crippen molar-refractivity contribution in [1.29, 1.82) is 0 Å². The van der Waals surface area contributed by atoms with Crippen LogP contribution in [0.25, 0.3) is 11.0 Å². The molecule has 4 nitrogen and oxygen atoms in total. The molecule has 4 heterocycles. The number of benzene rings is 1. The molecule has 0 aliphatic carbocycles. The van der Waals surface area contributed by atoms with Crippen molar-refractivity contribution in [2.24, 2.45) is 0 Å². The molecule has 5 rings (SSSR count). The van der Waals surface area contributed by atoms with Gasteiger partial charge in [0.05, 0.1) is 5.69 Å². The average molecular weight is 275 g/mol. The van der Waals surface area contributed by atoms with Gasteiger partial charge >= 0.3 is 0 Å². The van der Waals surface area contributed by atoms with E-state index < -0.39 is 0 Å². The number of rotatable bonds is 0. The third-order valence-corrected chi connectivity index (χ3v) is 4.53. The molecular weight excluding hydrogens is 262 g/mol. The molecule has 1 atom stereocenters. The van der Waals surface area contributed by atoms with E-state index in [0.29, 0.717) is 6.42 Å². The lowest BCUT2D eigenvalue weighted by molar-refractivity contribution is 0.0977. The molecule has 1 aromatic carbocycles. The van der Waals surface area contributed by atoms with Gasteiger partial charge in [0, 0.05) is 41.7 Å². The van der Waals surface area contributed by atoms with Gasteiger partial charge in [-0.15, -0.1) is 0 Å². The lowest BCUT2D eigenvalue weighted by atomic mass is 9.97. The predicted octanol–water partition coefficient (Wildman–Crippen LogP) is 2.99. The molecule has 2 bridgehead atoms. The lowest BCUT2D eigenvalue weighted by Crippen LogP contribution is -2.26. The smallest absolute Gasteiger partial charge is 0.165 e. The largest absolute Gasteiger partial charge is 0.294 e. The number of aromatic nitrogens is 2. The van der Waals surface area contributed by atoms with E-state index in [1.54, 1.807) is 0 Å². The summed E-state index contributed by atoms with van der Waals surface area (Å²) in [6.45, 7) is 0.852. The maximum absolute atomic E-state index is 12.5. The van der Waals surface area contributed by atoms with Gasteiger partial charge in [0.25, 0.3) is 0 Å². The van der Waals surface area contributed by atoms with Gasteiger partial charge in [0.15, 0.2) is 11.4 Å². The molecule has 2 aliphatic rings. The van der Waals surface area contributed by atoms with Crippen molar-refractivity contribution in [3.8, 4) is 0 Å². The van der Waals surface area contributed by atoms with Crippen LogP contribution in [0.2, 0.25) is 0 Å². The van der Waals surface area contributed by atoms with Gasteiger partial charge in [0.1, 0.15) is 0 Å². The van der Waals surface area contributed by atoms with E-state index in [2.05, 4.69) is 26.8 Å². The highest BCUT2D eigenvalue weighted by atomic mass is 16.1. The first kappa shape index (κ1) is 11.1. The Labute approximate surface area is 121 Å². The number of para-hydroxylation sites is 1. The molecule has 3 aromatic rings. The van der Waals surface area contributed by atoms with E-state index in [1.165, 1.54) is 5.69 Å². The van der Waals surface area contributed by atoms with Crippen molar-refractivity contribution >= 4 is 22.5 Å². The quantitative estimate of drug-likeness (QED) is 0.633. The lowest BCUT2D eigenvalue weighted by Gasteiger charge is -2.23. The van der Waals surface area contributed by atoms with Crippen LogP contribution in [0.15, 0.2) is 48.7 Å². The third-order valence-electron chi connectivity index (χ3n) is 4.53. The van der Waals surface area contributed by atoms with E-state index in [9.17, 15) is 4.79 Å². The Kier molecular flexibility index (Phi) is 1.97. The average Bonchev–Trinajstić information content (AvgIpc) is 3.00. The van der Waals surface area contributed by atoms with Crippen LogP contribution in [-0.2, 0) is 0 Å². The van der Waals surface area contributed by atoms with Gasteiger partial charge < -0.3 is 0 Å². The van der Waals surface area contributed by atoms with Crippen LogP contribution in [0.4, 0.5) is 5.69 Å². The second-order valence-corrected chi connectivity index (χ2v) is 5.72. The summed E-state index contributed by atoms with van der Waals surface area (Å²) in [6, 6.07) is 14.1. The van der Waals surface area contributed by atoms with Gasteiger partial charge in [-0.1, -0.05) is 12.1 Å². The van der Waals surface area contributed by atoms with Crippen LogP contribution < -0.4 is 5.01 Å². The van der Waals surface area contributed by atoms with E-state index in [-0.39, 0.29) is 11.7 Å². The van der Waals surface area contributed by atoms with Crippen molar-refractivity contribution in [1.82, 2.24) is 9.66 Å². The summed E-state index contributed by atoms with van der Waals surface area (Å²) < 4.78 is 2.19. The van der Waals surface area contributed by atoms with E-state index >= 15 is 0 Å². The Morgan fingerprint density at radius 2 is 2.05 bits per heavy atom. The van der Waals surface area contributed by atoms with Gasteiger partial charge in [-0.25, -0.2) is 9.66 Å². The molecule has 0 N–H and O–H groups in total. The Morgan fingerprint density at radius 1 is 1.14 bits per heavy atom. The van der Waals surface area contributed by atoms with E-state index in [1.807, 2.05) is 36.5 Å². The highest BCUT2D eigenvalue weighted by Crippen LogP contribution is 2.41. The number of ketones is 1. The standard InChI is InChI=1S/C17H13N3O/c21-16-9-12-10-19(14-6-2-1-5-13(14)16)20-15(12)8-11-4-3-7-18-17(11)20/h1-8,12H,9-10H2. The second-order valence-electron chi connectivity index (χ2n) is 5.72. The molecule has 102 valence electrons. The number of nitrogens with zero attached hydrogens (tertiary/aromatic N) is 3. The number of pyridine rings is 1. The fourth-order valence-electron chi connectivity index (χ4n) is 3.61. The first-order valence-electron chi connectivity index (χ1n) is 7.19. The predicted molar refractivity (Wildman–Crippen MR) is 80.6 cm³/mol. The highest BCUT2D eigenvalue weighted by Gasteiger charge is 2.37. The molecule has 0 saturated carbocycles. The second kappa shape index (κ2) is 3.73. The van der Waals surface area contributed by atoms with Crippen LogP contribution >= 0.6 is 0 Å². The van der Waals surface area contributed by atoms with Crippen LogP contribution in [-0.4, -0.2) is 22.0 Å². The molecule has 0 radical (unpaired) electrons. The van der Waals surface area contributed by atoms with Crippen LogP contribution in [0.1, 0.15) is 28.4 Å². The summed E-state index contributed by atoms with van der Waals surface area (Å²) in [5, 5.41) is 3.34. The number of Topliss-reactive ketones (excluding diaryl/α,β-unsaturated/α-hetero) is 1. The van der Waals surface area contributed by atoms with Crippen LogP contribution in [0.3, 0.4) is 0 Å². The minimum Gasteiger partial charge on any atom is -0.294 e. The maximum Gasteiger partial charge on any atom is 0.165 e. The Hall–Kier alpha value is -2.62. The number of fused-ring (bicyclic) bond motifs is 9. The van der Waals surface area contributed by atoms with Crippen LogP contribution in [0, 0.1) is 0 Å². The Morgan fingerprint density at radius 3 is 3.00 bits per heavy atom. The van der Waals surface area contributed by atoms with Crippen molar-refractivity contribution in [3.05, 3.63) is 59.9 Å². The summed E-state index contributed by atoms with van der Waals surface area (Å²) >= 11 is 0. The van der Waals surface area contributed by atoms with Gasteiger partial charge in [0.2, 0.25) is 0 Å². The summed E-state index contributed by atoms with van der Waals surface area (Å²) in [7, 11) is 0. The molecule has 2 aromatic heterocycles. The van der Waals surface area contributed by atoms with Gasteiger partial charge in [-0.2, -0.15) is 0 Å². The minimum absolute atomic E-state index is 0.238. The fourth-order valence-corrected chi connectivity index (χ4v) is 3.61. The van der Waals surface area contributed by atoms with E-state index in [4.69, 9.17) is 0 Å². The molecule has 0 amide bonds. The maximum atomic E-state index is 12.5.